The highest BCUT2D eigenvalue weighted by Crippen LogP contribution is 2.16. The number of amides is 1. The van der Waals surface area contributed by atoms with Gasteiger partial charge >= 0.3 is 5.97 Å². The molecular formula is C50H91NO5. The van der Waals surface area contributed by atoms with Gasteiger partial charge in [0.1, 0.15) is 6.10 Å². The molecule has 3 unspecified atom stereocenters. The van der Waals surface area contributed by atoms with E-state index < -0.39 is 18.2 Å². The molecule has 0 rings (SSSR count). The largest absolute Gasteiger partial charge is 0.462 e. The van der Waals surface area contributed by atoms with E-state index in [-0.39, 0.29) is 24.9 Å². The molecule has 0 radical (unpaired) electrons. The van der Waals surface area contributed by atoms with Crippen LogP contribution in [0.1, 0.15) is 233 Å². The minimum Gasteiger partial charge on any atom is -0.462 e. The van der Waals surface area contributed by atoms with Gasteiger partial charge in [-0.1, -0.05) is 204 Å². The van der Waals surface area contributed by atoms with Gasteiger partial charge in [0.25, 0.3) is 0 Å². The van der Waals surface area contributed by atoms with E-state index in [9.17, 15) is 19.8 Å². The van der Waals surface area contributed by atoms with Crippen molar-refractivity contribution in [2.45, 2.75) is 251 Å². The summed E-state index contributed by atoms with van der Waals surface area (Å²) in [6.45, 7) is 6.40. The molecule has 326 valence electrons. The standard InChI is InChI=1S/C50H91NO5/c1-4-7-10-13-16-19-21-22-23-24-25-26-28-30-32-35-38-41-46(56-50(55)43-40-37-34-29-18-15-12-9-6-3)44-49(54)51-47(45-52)48(53)42-39-36-33-31-27-20-17-14-11-8-5-2/h16,19,22-23,25-26,30,32,46-48,52-53H,4-15,17-18,20-21,24,27-29,31,33-45H2,1-3H3,(H,51,54)/b19-16-,23-22-,26-25-,32-30-. The van der Waals surface area contributed by atoms with Gasteiger partial charge in [-0.05, 0) is 64.2 Å². The van der Waals surface area contributed by atoms with E-state index in [0.717, 1.165) is 70.6 Å². The summed E-state index contributed by atoms with van der Waals surface area (Å²) in [6, 6.07) is -0.715. The third-order valence-electron chi connectivity index (χ3n) is 10.7. The predicted octanol–water partition coefficient (Wildman–Crippen LogP) is 13.9. The third-order valence-corrected chi connectivity index (χ3v) is 10.7. The molecule has 3 atom stereocenters. The lowest BCUT2D eigenvalue weighted by atomic mass is 10.0. The highest BCUT2D eigenvalue weighted by atomic mass is 16.5. The number of rotatable bonds is 42. The number of carbonyl (C=O) groups is 2. The van der Waals surface area contributed by atoms with Crippen LogP contribution < -0.4 is 5.32 Å². The van der Waals surface area contributed by atoms with E-state index in [1.165, 1.54) is 116 Å². The number of ether oxygens (including phenoxy) is 1. The topological polar surface area (TPSA) is 95.9 Å². The maximum Gasteiger partial charge on any atom is 0.306 e. The monoisotopic (exact) mass is 786 g/mol. The summed E-state index contributed by atoms with van der Waals surface area (Å²) in [7, 11) is 0. The number of hydrogen-bond acceptors (Lipinski definition) is 5. The van der Waals surface area contributed by atoms with Gasteiger partial charge < -0.3 is 20.3 Å². The molecule has 0 aromatic heterocycles. The average Bonchev–Trinajstić information content (AvgIpc) is 3.19. The summed E-state index contributed by atoms with van der Waals surface area (Å²) in [4.78, 5) is 26.0. The van der Waals surface area contributed by atoms with Crippen molar-refractivity contribution in [3.8, 4) is 0 Å². The van der Waals surface area contributed by atoms with Gasteiger partial charge in [-0.25, -0.2) is 0 Å². The van der Waals surface area contributed by atoms with Crippen LogP contribution in [0.25, 0.3) is 0 Å². The van der Waals surface area contributed by atoms with E-state index in [1.807, 2.05) is 0 Å². The molecule has 1 amide bonds. The van der Waals surface area contributed by atoms with Crippen LogP contribution in [0.3, 0.4) is 0 Å². The first-order valence-corrected chi connectivity index (χ1v) is 23.9. The van der Waals surface area contributed by atoms with Crippen LogP contribution in [0.2, 0.25) is 0 Å². The Bertz CT molecular complexity index is 972. The number of hydrogen-bond donors (Lipinski definition) is 3. The van der Waals surface area contributed by atoms with Crippen LogP contribution in [-0.2, 0) is 14.3 Å². The van der Waals surface area contributed by atoms with Crippen LogP contribution in [0, 0.1) is 0 Å². The quantitative estimate of drug-likeness (QED) is 0.0325. The number of esters is 1. The Hall–Kier alpha value is -2.18. The molecule has 0 heterocycles. The third kappa shape index (κ3) is 38.7. The SMILES string of the molecule is CCCCC/C=C\C/C=C\C/C=C\C/C=C\CCCC(CC(=O)NC(CO)C(O)CCCCCCCCCCCCC)OC(=O)CCCCCCCCCCC. The van der Waals surface area contributed by atoms with Gasteiger partial charge in [-0.3, -0.25) is 9.59 Å². The summed E-state index contributed by atoms with van der Waals surface area (Å²) in [5.41, 5.74) is 0. The van der Waals surface area contributed by atoms with Crippen LogP contribution in [0.15, 0.2) is 48.6 Å². The first-order valence-electron chi connectivity index (χ1n) is 23.9. The Morgan fingerprint density at radius 3 is 1.41 bits per heavy atom. The van der Waals surface area contributed by atoms with Crippen LogP contribution in [0.4, 0.5) is 0 Å². The highest BCUT2D eigenvalue weighted by Gasteiger charge is 2.24. The van der Waals surface area contributed by atoms with E-state index in [0.29, 0.717) is 19.3 Å². The maximum absolute atomic E-state index is 13.1. The molecule has 0 aliphatic heterocycles. The summed E-state index contributed by atoms with van der Waals surface area (Å²) in [6.07, 6.45) is 51.7. The lowest BCUT2D eigenvalue weighted by Crippen LogP contribution is -2.46. The van der Waals surface area contributed by atoms with Gasteiger partial charge in [0.05, 0.1) is 25.2 Å². The number of unbranched alkanes of at least 4 members (excludes halogenated alkanes) is 22. The van der Waals surface area contributed by atoms with Crippen molar-refractivity contribution in [2.75, 3.05) is 6.61 Å². The molecule has 56 heavy (non-hydrogen) atoms. The minimum atomic E-state index is -0.798. The molecule has 6 nitrogen and oxygen atoms in total. The van der Waals surface area contributed by atoms with Crippen molar-refractivity contribution in [3.05, 3.63) is 48.6 Å². The van der Waals surface area contributed by atoms with E-state index >= 15 is 0 Å². The number of carbonyl (C=O) groups excluding carboxylic acids is 2. The second kappa shape index (κ2) is 43.9. The summed E-state index contributed by atoms with van der Waals surface area (Å²) >= 11 is 0. The molecule has 0 saturated heterocycles. The molecule has 0 spiro atoms. The molecule has 6 heteroatoms. The van der Waals surface area contributed by atoms with Crippen LogP contribution in [-0.4, -0.2) is 46.9 Å². The number of aliphatic hydroxyl groups excluding tert-OH is 2. The molecule has 0 aromatic carbocycles. The first-order chi connectivity index (χ1) is 27.5. The Labute approximate surface area is 346 Å². The van der Waals surface area contributed by atoms with E-state index in [2.05, 4.69) is 74.7 Å². The Kier molecular flexibility index (Phi) is 42.2. The van der Waals surface area contributed by atoms with Gasteiger partial charge in [0, 0.05) is 6.42 Å². The average molecular weight is 786 g/mol. The van der Waals surface area contributed by atoms with Gasteiger partial charge in [-0.15, -0.1) is 0 Å². The van der Waals surface area contributed by atoms with Crippen molar-refractivity contribution in [2.24, 2.45) is 0 Å². The lowest BCUT2D eigenvalue weighted by Gasteiger charge is -2.24. The fourth-order valence-electron chi connectivity index (χ4n) is 7.01. The molecule has 0 saturated carbocycles. The van der Waals surface area contributed by atoms with Gasteiger partial charge in [0.2, 0.25) is 5.91 Å². The van der Waals surface area contributed by atoms with Crippen molar-refractivity contribution >= 4 is 11.9 Å². The predicted molar refractivity (Wildman–Crippen MR) is 241 cm³/mol. The summed E-state index contributed by atoms with van der Waals surface area (Å²) < 4.78 is 5.87. The second-order valence-electron chi connectivity index (χ2n) is 16.2. The van der Waals surface area contributed by atoms with Gasteiger partial charge in [0.15, 0.2) is 0 Å². The fourth-order valence-corrected chi connectivity index (χ4v) is 7.01. The highest BCUT2D eigenvalue weighted by molar-refractivity contribution is 5.77. The molecule has 0 fully saturated rings. The van der Waals surface area contributed by atoms with Crippen molar-refractivity contribution in [1.29, 1.82) is 0 Å². The molecule has 0 aromatic rings. The molecule has 0 aliphatic rings. The first kappa shape index (κ1) is 53.8. The van der Waals surface area contributed by atoms with Crippen molar-refractivity contribution in [3.63, 3.8) is 0 Å². The molecular weight excluding hydrogens is 695 g/mol. The Morgan fingerprint density at radius 1 is 0.518 bits per heavy atom. The Morgan fingerprint density at radius 2 is 0.929 bits per heavy atom. The number of aliphatic hydroxyl groups is 2. The molecule has 3 N–H and O–H groups in total. The molecule has 0 bridgehead atoms. The smallest absolute Gasteiger partial charge is 0.306 e. The number of allylic oxidation sites excluding steroid dienone is 8. The summed E-state index contributed by atoms with van der Waals surface area (Å²) in [5.74, 6) is -0.528. The zero-order chi connectivity index (χ0) is 41.0. The lowest BCUT2D eigenvalue weighted by molar-refractivity contribution is -0.151. The van der Waals surface area contributed by atoms with Crippen molar-refractivity contribution in [1.82, 2.24) is 5.32 Å². The fraction of sp³-hybridized carbons (Fsp3) is 0.800. The number of nitrogens with one attached hydrogen (secondary N) is 1. The van der Waals surface area contributed by atoms with Crippen LogP contribution in [0.5, 0.6) is 0 Å². The molecule has 0 aliphatic carbocycles. The zero-order valence-electron chi connectivity index (χ0n) is 37.0. The maximum atomic E-state index is 13.1. The summed E-state index contributed by atoms with van der Waals surface area (Å²) in [5, 5.41) is 23.6. The second-order valence-corrected chi connectivity index (χ2v) is 16.2. The minimum absolute atomic E-state index is 0.0415. The Balaban J connectivity index is 4.68. The van der Waals surface area contributed by atoms with Crippen molar-refractivity contribution < 1.29 is 24.5 Å². The van der Waals surface area contributed by atoms with E-state index in [1.54, 1.807) is 0 Å². The normalized spacial score (nSPS) is 13.7. The van der Waals surface area contributed by atoms with Crippen LogP contribution >= 0.6 is 0 Å². The van der Waals surface area contributed by atoms with Gasteiger partial charge in [-0.2, -0.15) is 0 Å². The zero-order valence-corrected chi connectivity index (χ0v) is 37.0. The van der Waals surface area contributed by atoms with E-state index in [4.69, 9.17) is 4.74 Å².